The van der Waals surface area contributed by atoms with Gasteiger partial charge in [-0.15, -0.1) is 0 Å². The smallest absolute Gasteiger partial charge is 0.254 e. The molecule has 4 nitrogen and oxygen atoms in total. The molecule has 24 heavy (non-hydrogen) atoms. The molecule has 1 heterocycles. The van der Waals surface area contributed by atoms with E-state index in [4.69, 9.17) is 4.74 Å². The molecular weight excluding hydrogens is 307 g/mol. The number of hydrogen-bond acceptors (Lipinski definition) is 3. The van der Waals surface area contributed by atoms with Crippen molar-refractivity contribution in [2.75, 3.05) is 13.2 Å². The first-order valence-electron chi connectivity index (χ1n) is 8.28. The fourth-order valence-corrected chi connectivity index (χ4v) is 2.59. The first-order valence-corrected chi connectivity index (χ1v) is 8.28. The van der Waals surface area contributed by atoms with Crippen LogP contribution in [0.5, 0.6) is 5.88 Å². The Balaban J connectivity index is 1.77. The number of nitrogens with zero attached hydrogens (tertiary/aromatic N) is 2. The van der Waals surface area contributed by atoms with Gasteiger partial charge >= 0.3 is 0 Å². The van der Waals surface area contributed by atoms with Gasteiger partial charge in [0.05, 0.1) is 6.61 Å². The van der Waals surface area contributed by atoms with Gasteiger partial charge in [-0.2, -0.15) is 0 Å². The van der Waals surface area contributed by atoms with E-state index in [9.17, 15) is 9.18 Å². The first-order chi connectivity index (χ1) is 11.7. The Labute approximate surface area is 141 Å². The molecule has 0 aliphatic heterocycles. The topological polar surface area (TPSA) is 42.4 Å². The van der Waals surface area contributed by atoms with Crippen LogP contribution in [-0.2, 0) is 6.54 Å². The van der Waals surface area contributed by atoms with Crippen LogP contribution >= 0.6 is 0 Å². The summed E-state index contributed by atoms with van der Waals surface area (Å²) in [7, 11) is 0. The first kappa shape index (κ1) is 16.4. The van der Waals surface area contributed by atoms with Gasteiger partial charge in [0.2, 0.25) is 5.88 Å². The third-order valence-corrected chi connectivity index (χ3v) is 4.02. The fraction of sp³-hybridized carbons (Fsp3) is 0.368. The number of halogens is 1. The molecule has 2 aromatic rings. The predicted molar refractivity (Wildman–Crippen MR) is 89.3 cm³/mol. The van der Waals surface area contributed by atoms with Crippen LogP contribution in [0.4, 0.5) is 4.39 Å². The number of pyridine rings is 1. The minimum atomic E-state index is -0.269. The van der Waals surface area contributed by atoms with Gasteiger partial charge in [0, 0.05) is 30.9 Å². The normalized spacial score (nSPS) is 13.6. The maximum absolute atomic E-state index is 13.1. The summed E-state index contributed by atoms with van der Waals surface area (Å²) in [4.78, 5) is 18.8. The zero-order valence-electron chi connectivity index (χ0n) is 13.7. The highest BCUT2D eigenvalue weighted by Crippen LogP contribution is 2.31. The Kier molecular flexibility index (Phi) is 5.08. The van der Waals surface area contributed by atoms with E-state index in [0.717, 1.165) is 24.9 Å². The maximum Gasteiger partial charge on any atom is 0.254 e. The van der Waals surface area contributed by atoms with Crippen molar-refractivity contribution in [2.45, 2.75) is 26.3 Å². The van der Waals surface area contributed by atoms with Crippen LogP contribution in [0.2, 0.25) is 0 Å². The lowest BCUT2D eigenvalue weighted by molar-refractivity contribution is 0.0734. The van der Waals surface area contributed by atoms with Gasteiger partial charge in [0.25, 0.3) is 5.91 Å². The average molecular weight is 328 g/mol. The van der Waals surface area contributed by atoms with Gasteiger partial charge in [-0.05, 0) is 49.4 Å². The number of hydrogen-bond donors (Lipinski definition) is 0. The van der Waals surface area contributed by atoms with Gasteiger partial charge in [-0.25, -0.2) is 9.37 Å². The van der Waals surface area contributed by atoms with Crippen molar-refractivity contribution in [1.29, 1.82) is 0 Å². The molecule has 126 valence electrons. The molecule has 0 unspecified atom stereocenters. The third kappa shape index (κ3) is 4.31. The van der Waals surface area contributed by atoms with Gasteiger partial charge in [0.15, 0.2) is 0 Å². The van der Waals surface area contributed by atoms with Crippen LogP contribution in [-0.4, -0.2) is 28.9 Å². The Morgan fingerprint density at radius 1 is 1.29 bits per heavy atom. The Morgan fingerprint density at radius 2 is 2.04 bits per heavy atom. The molecule has 5 heteroatoms. The summed E-state index contributed by atoms with van der Waals surface area (Å²) in [6, 6.07) is 9.68. The molecule has 0 radical (unpaired) electrons. The van der Waals surface area contributed by atoms with Gasteiger partial charge < -0.3 is 9.64 Å². The number of carbonyl (C=O) groups is 1. The van der Waals surface area contributed by atoms with Crippen LogP contribution in [0.25, 0.3) is 0 Å². The Morgan fingerprint density at radius 3 is 2.71 bits per heavy atom. The molecule has 1 fully saturated rings. The summed E-state index contributed by atoms with van der Waals surface area (Å²) in [6.07, 6.45) is 3.91. The van der Waals surface area contributed by atoms with E-state index < -0.39 is 0 Å². The van der Waals surface area contributed by atoms with E-state index >= 15 is 0 Å². The molecule has 0 atom stereocenters. The Hall–Kier alpha value is -2.43. The second kappa shape index (κ2) is 7.43. The summed E-state index contributed by atoms with van der Waals surface area (Å²) in [5, 5.41) is 0. The average Bonchev–Trinajstić information content (AvgIpc) is 3.40. The lowest BCUT2D eigenvalue weighted by atomic mass is 10.1. The molecule has 0 N–H and O–H groups in total. The standard InChI is InChI=1S/C19H21FN2O2/c1-2-24-18-11-16(9-10-21-18)19(23)22(12-14-3-4-14)13-15-5-7-17(20)8-6-15/h5-11,14H,2-4,12-13H2,1H3. The van der Waals surface area contributed by atoms with Crippen LogP contribution < -0.4 is 4.74 Å². The van der Waals surface area contributed by atoms with Crippen LogP contribution in [0.3, 0.4) is 0 Å². The molecule has 0 saturated heterocycles. The molecule has 1 aliphatic rings. The molecule has 1 aromatic carbocycles. The highest BCUT2D eigenvalue weighted by Gasteiger charge is 2.27. The van der Waals surface area contributed by atoms with Crippen molar-refractivity contribution in [3.05, 3.63) is 59.5 Å². The van der Waals surface area contributed by atoms with Crippen LogP contribution in [0.15, 0.2) is 42.6 Å². The van der Waals surface area contributed by atoms with E-state index in [-0.39, 0.29) is 11.7 Å². The minimum Gasteiger partial charge on any atom is -0.478 e. The van der Waals surface area contributed by atoms with Gasteiger partial charge in [-0.3, -0.25) is 4.79 Å². The molecule has 1 amide bonds. The molecule has 3 rings (SSSR count). The summed E-state index contributed by atoms with van der Waals surface area (Å²) >= 11 is 0. The van der Waals surface area contributed by atoms with Gasteiger partial charge in [0.1, 0.15) is 5.82 Å². The Bertz CT molecular complexity index is 699. The van der Waals surface area contributed by atoms with E-state index in [0.29, 0.717) is 30.5 Å². The second-order valence-electron chi connectivity index (χ2n) is 6.07. The third-order valence-electron chi connectivity index (χ3n) is 4.02. The highest BCUT2D eigenvalue weighted by atomic mass is 19.1. The van der Waals surface area contributed by atoms with E-state index in [1.54, 1.807) is 30.5 Å². The highest BCUT2D eigenvalue weighted by molar-refractivity contribution is 5.94. The molecule has 1 saturated carbocycles. The zero-order chi connectivity index (χ0) is 16.9. The molecule has 0 bridgehead atoms. The summed E-state index contributed by atoms with van der Waals surface area (Å²) < 4.78 is 18.5. The van der Waals surface area contributed by atoms with Crippen molar-refractivity contribution >= 4 is 5.91 Å². The monoisotopic (exact) mass is 328 g/mol. The zero-order valence-corrected chi connectivity index (χ0v) is 13.7. The fourth-order valence-electron chi connectivity index (χ4n) is 2.59. The second-order valence-corrected chi connectivity index (χ2v) is 6.07. The molecule has 0 spiro atoms. The maximum atomic E-state index is 13.1. The summed E-state index contributed by atoms with van der Waals surface area (Å²) in [6.45, 7) is 3.58. The van der Waals surface area contributed by atoms with Crippen molar-refractivity contribution < 1.29 is 13.9 Å². The number of carbonyl (C=O) groups excluding carboxylic acids is 1. The van der Waals surface area contributed by atoms with Gasteiger partial charge in [-0.1, -0.05) is 12.1 Å². The lowest BCUT2D eigenvalue weighted by Crippen LogP contribution is -2.32. The largest absolute Gasteiger partial charge is 0.478 e. The number of aromatic nitrogens is 1. The molecular formula is C19H21FN2O2. The summed E-state index contributed by atoms with van der Waals surface area (Å²) in [5.74, 6) is 0.711. The number of benzene rings is 1. The molecule has 1 aromatic heterocycles. The lowest BCUT2D eigenvalue weighted by Gasteiger charge is -2.23. The SMILES string of the molecule is CCOc1cc(C(=O)N(Cc2ccc(F)cc2)CC2CC2)ccn1. The quantitative estimate of drug-likeness (QED) is 0.779. The van der Waals surface area contributed by atoms with Crippen LogP contribution in [0.1, 0.15) is 35.7 Å². The van der Waals surface area contributed by atoms with Crippen molar-refractivity contribution in [3.63, 3.8) is 0 Å². The summed E-state index contributed by atoms with van der Waals surface area (Å²) in [5.41, 5.74) is 1.49. The predicted octanol–water partition coefficient (Wildman–Crippen LogP) is 3.67. The van der Waals surface area contributed by atoms with E-state index in [2.05, 4.69) is 4.98 Å². The van der Waals surface area contributed by atoms with E-state index in [1.807, 2.05) is 11.8 Å². The molecule has 1 aliphatic carbocycles. The van der Waals surface area contributed by atoms with Crippen LogP contribution in [0, 0.1) is 11.7 Å². The minimum absolute atomic E-state index is 0.0467. The number of ether oxygens (including phenoxy) is 1. The van der Waals surface area contributed by atoms with E-state index in [1.165, 1.54) is 12.1 Å². The number of rotatable bonds is 7. The van der Waals surface area contributed by atoms with Crippen molar-refractivity contribution in [2.24, 2.45) is 5.92 Å². The van der Waals surface area contributed by atoms with Crippen molar-refractivity contribution in [3.8, 4) is 5.88 Å². The number of amides is 1. The van der Waals surface area contributed by atoms with Crippen molar-refractivity contribution in [1.82, 2.24) is 9.88 Å².